The van der Waals surface area contributed by atoms with Gasteiger partial charge in [0.15, 0.2) is 0 Å². The minimum atomic E-state index is -4.49. The SMILES string of the molecule is O=c1[nH]c(-c2ccccc2)c(-c2ccccc2)c2cc(C(F)(F)F)ccc12. The summed E-state index contributed by atoms with van der Waals surface area (Å²) in [7, 11) is 0. The van der Waals surface area contributed by atoms with Gasteiger partial charge in [-0.25, -0.2) is 0 Å². The molecule has 0 bridgehead atoms. The van der Waals surface area contributed by atoms with Gasteiger partial charge in [-0.3, -0.25) is 4.79 Å². The zero-order valence-electron chi connectivity index (χ0n) is 14.0. The van der Waals surface area contributed by atoms with Gasteiger partial charge in [-0.05, 0) is 34.7 Å². The van der Waals surface area contributed by atoms with E-state index in [1.807, 2.05) is 60.7 Å². The molecule has 0 saturated heterocycles. The van der Waals surface area contributed by atoms with Crippen LogP contribution in [0.4, 0.5) is 13.2 Å². The zero-order valence-corrected chi connectivity index (χ0v) is 14.0. The molecule has 0 amide bonds. The molecule has 0 aliphatic rings. The van der Waals surface area contributed by atoms with Crippen molar-refractivity contribution in [3.05, 3.63) is 94.8 Å². The summed E-state index contributed by atoms with van der Waals surface area (Å²) in [6, 6.07) is 21.4. The number of hydrogen-bond donors (Lipinski definition) is 1. The number of hydrogen-bond acceptors (Lipinski definition) is 1. The lowest BCUT2D eigenvalue weighted by Crippen LogP contribution is -2.11. The molecular weight excluding hydrogens is 351 g/mol. The Morgan fingerprint density at radius 1 is 0.704 bits per heavy atom. The van der Waals surface area contributed by atoms with Crippen LogP contribution in [0.3, 0.4) is 0 Å². The molecule has 134 valence electrons. The molecule has 4 aromatic rings. The number of aromatic amines is 1. The van der Waals surface area contributed by atoms with Gasteiger partial charge in [0.2, 0.25) is 0 Å². The molecule has 0 fully saturated rings. The average Bonchev–Trinajstić information content (AvgIpc) is 2.68. The molecule has 1 aromatic heterocycles. The molecule has 4 rings (SSSR count). The van der Waals surface area contributed by atoms with Crippen molar-refractivity contribution in [3.8, 4) is 22.4 Å². The Hall–Kier alpha value is -3.34. The molecule has 0 saturated carbocycles. The number of aromatic nitrogens is 1. The Morgan fingerprint density at radius 2 is 1.30 bits per heavy atom. The van der Waals surface area contributed by atoms with Crippen molar-refractivity contribution in [3.63, 3.8) is 0 Å². The predicted octanol–water partition coefficient (Wildman–Crippen LogP) is 5.88. The normalized spacial score (nSPS) is 11.7. The van der Waals surface area contributed by atoms with Crippen LogP contribution >= 0.6 is 0 Å². The van der Waals surface area contributed by atoms with E-state index in [0.29, 0.717) is 11.3 Å². The Morgan fingerprint density at radius 3 is 1.89 bits per heavy atom. The third-order valence-electron chi connectivity index (χ3n) is 4.47. The number of H-pyrrole nitrogens is 1. The van der Waals surface area contributed by atoms with Crippen LogP contribution in [0.1, 0.15) is 5.56 Å². The van der Waals surface area contributed by atoms with E-state index < -0.39 is 17.3 Å². The molecule has 0 spiro atoms. The molecule has 3 aromatic carbocycles. The van der Waals surface area contributed by atoms with Crippen LogP contribution in [0.5, 0.6) is 0 Å². The topological polar surface area (TPSA) is 32.9 Å². The van der Waals surface area contributed by atoms with Crippen LogP contribution in [-0.4, -0.2) is 4.98 Å². The van der Waals surface area contributed by atoms with E-state index in [2.05, 4.69) is 4.98 Å². The second-order valence-corrected chi connectivity index (χ2v) is 6.19. The minimum Gasteiger partial charge on any atom is -0.321 e. The third kappa shape index (κ3) is 3.12. The number of fused-ring (bicyclic) bond motifs is 1. The fourth-order valence-electron chi connectivity index (χ4n) is 3.23. The number of nitrogens with one attached hydrogen (secondary N) is 1. The second-order valence-electron chi connectivity index (χ2n) is 6.19. The molecular formula is C22H14F3NO. The summed E-state index contributed by atoms with van der Waals surface area (Å²) >= 11 is 0. The quantitative estimate of drug-likeness (QED) is 0.473. The minimum absolute atomic E-state index is 0.224. The van der Waals surface area contributed by atoms with Gasteiger partial charge in [0.05, 0.1) is 11.3 Å². The lowest BCUT2D eigenvalue weighted by atomic mass is 9.93. The van der Waals surface area contributed by atoms with Crippen molar-refractivity contribution in [1.29, 1.82) is 0 Å². The molecule has 0 aliphatic carbocycles. The van der Waals surface area contributed by atoms with Gasteiger partial charge >= 0.3 is 6.18 Å². The zero-order chi connectivity index (χ0) is 19.0. The molecule has 0 aliphatic heterocycles. The first-order valence-electron chi connectivity index (χ1n) is 8.33. The van der Waals surface area contributed by atoms with Crippen molar-refractivity contribution < 1.29 is 13.2 Å². The maximum Gasteiger partial charge on any atom is 0.416 e. The standard InChI is InChI=1S/C22H14F3NO/c23-22(24,25)16-11-12-17-18(13-16)19(14-7-3-1-4-8-14)20(26-21(17)27)15-9-5-2-6-10-15/h1-13H,(H,26,27). The highest BCUT2D eigenvalue weighted by atomic mass is 19.4. The number of alkyl halides is 3. The molecule has 0 radical (unpaired) electrons. The summed E-state index contributed by atoms with van der Waals surface area (Å²) in [6.45, 7) is 0. The first-order valence-corrected chi connectivity index (χ1v) is 8.33. The highest BCUT2D eigenvalue weighted by molar-refractivity contribution is 6.02. The van der Waals surface area contributed by atoms with Crippen LogP contribution in [0.15, 0.2) is 83.7 Å². The van der Waals surface area contributed by atoms with E-state index in [1.165, 1.54) is 6.07 Å². The molecule has 2 nitrogen and oxygen atoms in total. The number of pyridine rings is 1. The lowest BCUT2D eigenvalue weighted by Gasteiger charge is -2.15. The van der Waals surface area contributed by atoms with Gasteiger partial charge in [-0.15, -0.1) is 0 Å². The first-order chi connectivity index (χ1) is 12.9. The Labute approximate surface area is 152 Å². The third-order valence-corrected chi connectivity index (χ3v) is 4.47. The van der Waals surface area contributed by atoms with E-state index in [1.54, 1.807) is 0 Å². The second kappa shape index (κ2) is 6.43. The van der Waals surface area contributed by atoms with E-state index in [4.69, 9.17) is 0 Å². The summed E-state index contributed by atoms with van der Waals surface area (Å²) in [5.74, 6) is 0. The van der Waals surface area contributed by atoms with Crippen LogP contribution in [-0.2, 0) is 6.18 Å². The van der Waals surface area contributed by atoms with Gasteiger partial charge in [0, 0.05) is 10.9 Å². The van der Waals surface area contributed by atoms with Crippen LogP contribution in [0.2, 0.25) is 0 Å². The predicted molar refractivity (Wildman–Crippen MR) is 100 cm³/mol. The summed E-state index contributed by atoms with van der Waals surface area (Å²) in [5, 5.41) is 0.500. The summed E-state index contributed by atoms with van der Waals surface area (Å²) in [4.78, 5) is 15.4. The van der Waals surface area contributed by atoms with Crippen LogP contribution < -0.4 is 5.56 Å². The molecule has 0 atom stereocenters. The van der Waals surface area contributed by atoms with E-state index in [0.717, 1.165) is 23.3 Å². The number of rotatable bonds is 2. The largest absolute Gasteiger partial charge is 0.416 e. The Kier molecular flexibility index (Phi) is 4.07. The summed E-state index contributed by atoms with van der Waals surface area (Å²) in [5.41, 5.74) is 1.33. The summed E-state index contributed by atoms with van der Waals surface area (Å²) in [6.07, 6.45) is -4.49. The van der Waals surface area contributed by atoms with E-state index in [-0.39, 0.29) is 10.8 Å². The van der Waals surface area contributed by atoms with Crippen molar-refractivity contribution in [2.75, 3.05) is 0 Å². The van der Waals surface area contributed by atoms with Crippen molar-refractivity contribution in [1.82, 2.24) is 4.98 Å². The highest BCUT2D eigenvalue weighted by Gasteiger charge is 2.31. The lowest BCUT2D eigenvalue weighted by molar-refractivity contribution is -0.137. The van der Waals surface area contributed by atoms with Crippen molar-refractivity contribution in [2.24, 2.45) is 0 Å². The van der Waals surface area contributed by atoms with Gasteiger partial charge < -0.3 is 4.98 Å². The van der Waals surface area contributed by atoms with E-state index in [9.17, 15) is 18.0 Å². The maximum atomic E-state index is 13.3. The van der Waals surface area contributed by atoms with Gasteiger partial charge in [0.1, 0.15) is 0 Å². The van der Waals surface area contributed by atoms with Crippen molar-refractivity contribution in [2.45, 2.75) is 6.18 Å². The maximum absolute atomic E-state index is 13.3. The molecule has 1 heterocycles. The smallest absolute Gasteiger partial charge is 0.321 e. The Balaban J connectivity index is 2.16. The molecule has 1 N–H and O–H groups in total. The van der Waals surface area contributed by atoms with Gasteiger partial charge in [-0.2, -0.15) is 13.2 Å². The summed E-state index contributed by atoms with van der Waals surface area (Å²) < 4.78 is 39.9. The van der Waals surface area contributed by atoms with Crippen molar-refractivity contribution >= 4 is 10.8 Å². The van der Waals surface area contributed by atoms with Gasteiger partial charge in [0.25, 0.3) is 5.56 Å². The van der Waals surface area contributed by atoms with Crippen LogP contribution in [0.25, 0.3) is 33.2 Å². The number of benzene rings is 3. The highest BCUT2D eigenvalue weighted by Crippen LogP contribution is 2.38. The Bertz CT molecular complexity index is 1160. The fourth-order valence-corrected chi connectivity index (χ4v) is 3.23. The first kappa shape index (κ1) is 17.1. The fraction of sp³-hybridized carbons (Fsp3) is 0.0455. The van der Waals surface area contributed by atoms with Crippen LogP contribution in [0, 0.1) is 0 Å². The van der Waals surface area contributed by atoms with Gasteiger partial charge in [-0.1, -0.05) is 60.7 Å². The van der Waals surface area contributed by atoms with E-state index >= 15 is 0 Å². The monoisotopic (exact) mass is 365 g/mol. The molecule has 0 unspecified atom stereocenters. The molecule has 27 heavy (non-hydrogen) atoms. The number of halogens is 3. The average molecular weight is 365 g/mol. The molecule has 5 heteroatoms.